The van der Waals surface area contributed by atoms with Crippen molar-refractivity contribution in [2.75, 3.05) is 11.5 Å². The number of rotatable bonds is 6. The summed E-state index contributed by atoms with van der Waals surface area (Å²) in [7, 11) is 0. The first-order valence-electron chi connectivity index (χ1n) is 13.6. The van der Waals surface area contributed by atoms with Gasteiger partial charge in [-0.15, -0.1) is 0 Å². The number of benzene rings is 3. The maximum atomic E-state index is 13.4. The molecule has 3 fully saturated rings. The molecule has 2 heterocycles. The molecule has 40 heavy (non-hydrogen) atoms. The summed E-state index contributed by atoms with van der Waals surface area (Å²) in [5.41, 5.74) is 3.03. The first kappa shape index (κ1) is 24.4. The zero-order chi connectivity index (χ0) is 27.4. The number of anilines is 1. The number of imide groups is 1. The minimum Gasteiger partial charge on any atom is -0.454 e. The van der Waals surface area contributed by atoms with Gasteiger partial charge in [-0.05, 0) is 55.4 Å². The first-order valence-corrected chi connectivity index (χ1v) is 13.6. The number of para-hydroxylation sites is 1. The second-order valence-corrected chi connectivity index (χ2v) is 10.9. The predicted molar refractivity (Wildman–Crippen MR) is 149 cm³/mol. The summed E-state index contributed by atoms with van der Waals surface area (Å²) in [6.07, 6.45) is 3.03. The molecule has 4 aromatic rings. The van der Waals surface area contributed by atoms with Crippen molar-refractivity contribution in [1.29, 1.82) is 0 Å². The molecule has 3 aromatic carbocycles. The largest absolute Gasteiger partial charge is 0.454 e. The van der Waals surface area contributed by atoms with Crippen LogP contribution in [0.25, 0.3) is 22.2 Å². The normalized spacial score (nSPS) is 23.1. The molecule has 2 aliphatic carbocycles. The summed E-state index contributed by atoms with van der Waals surface area (Å²) in [4.78, 5) is 58.6. The van der Waals surface area contributed by atoms with E-state index in [2.05, 4.69) is 0 Å². The molecule has 1 aromatic heterocycles. The van der Waals surface area contributed by atoms with Crippen LogP contribution < -0.4 is 4.90 Å². The fraction of sp³-hybridized carbons (Fsp3) is 0.242. The Labute approximate surface area is 230 Å². The van der Waals surface area contributed by atoms with Crippen molar-refractivity contribution in [3.05, 3.63) is 96.1 Å². The van der Waals surface area contributed by atoms with E-state index in [1.54, 1.807) is 60.7 Å². The van der Waals surface area contributed by atoms with Gasteiger partial charge in [-0.1, -0.05) is 60.7 Å². The van der Waals surface area contributed by atoms with Crippen molar-refractivity contribution in [2.45, 2.75) is 19.3 Å². The van der Waals surface area contributed by atoms with Crippen LogP contribution in [0.2, 0.25) is 0 Å². The molecule has 0 unspecified atom stereocenters. The molecule has 3 aliphatic rings. The lowest BCUT2D eigenvalue weighted by Crippen LogP contribution is -2.32. The number of carbonyl (C=O) groups excluding carboxylic acids is 4. The van der Waals surface area contributed by atoms with E-state index in [0.29, 0.717) is 45.2 Å². The van der Waals surface area contributed by atoms with Crippen LogP contribution in [-0.4, -0.2) is 35.2 Å². The highest BCUT2D eigenvalue weighted by molar-refractivity contribution is 6.22. The highest BCUT2D eigenvalue weighted by Gasteiger charge is 2.61. The van der Waals surface area contributed by atoms with Crippen LogP contribution in [0, 0.1) is 23.7 Å². The molecule has 0 N–H and O–H groups in total. The van der Waals surface area contributed by atoms with Crippen LogP contribution in [0.3, 0.4) is 0 Å². The number of aromatic nitrogens is 1. The second kappa shape index (κ2) is 9.52. The molecule has 2 bridgehead atoms. The minimum atomic E-state index is -0.631. The fourth-order valence-electron chi connectivity index (χ4n) is 6.88. The number of hydrogen-bond donors (Lipinski definition) is 0. The Bertz CT molecular complexity index is 1670. The molecule has 1 aliphatic heterocycles. The van der Waals surface area contributed by atoms with E-state index in [9.17, 15) is 19.2 Å². The lowest BCUT2D eigenvalue weighted by molar-refractivity contribution is -0.123. The summed E-state index contributed by atoms with van der Waals surface area (Å²) < 4.78 is 5.43. The number of fused-ring (bicyclic) bond motifs is 6. The van der Waals surface area contributed by atoms with Gasteiger partial charge in [0.2, 0.25) is 11.8 Å². The van der Waals surface area contributed by atoms with Gasteiger partial charge < -0.3 is 4.74 Å². The third kappa shape index (κ3) is 3.92. The fourth-order valence-corrected chi connectivity index (χ4v) is 6.88. The van der Waals surface area contributed by atoms with Crippen LogP contribution in [0.4, 0.5) is 5.69 Å². The van der Waals surface area contributed by atoms with E-state index in [1.807, 2.05) is 24.3 Å². The highest BCUT2D eigenvalue weighted by atomic mass is 16.5. The smallest absolute Gasteiger partial charge is 0.339 e. The van der Waals surface area contributed by atoms with Crippen LogP contribution in [0.15, 0.2) is 84.9 Å². The molecule has 0 radical (unpaired) electrons. The van der Waals surface area contributed by atoms with Crippen LogP contribution >= 0.6 is 0 Å². The summed E-state index contributed by atoms with van der Waals surface area (Å²) in [5, 5.41) is 0.604. The maximum absolute atomic E-state index is 13.4. The Balaban J connectivity index is 1.20. The topological polar surface area (TPSA) is 93.6 Å². The van der Waals surface area contributed by atoms with Crippen molar-refractivity contribution < 1.29 is 23.9 Å². The quantitative estimate of drug-likeness (QED) is 0.186. The van der Waals surface area contributed by atoms with Gasteiger partial charge in [-0.25, -0.2) is 9.78 Å². The van der Waals surface area contributed by atoms with Crippen LogP contribution in [0.1, 0.15) is 40.0 Å². The molecular formula is C33H26N2O5. The number of Topliss-reactive ketones (excluding diaryl/α,β-unsaturated/α-hetero) is 1. The van der Waals surface area contributed by atoms with E-state index in [0.717, 1.165) is 19.3 Å². The van der Waals surface area contributed by atoms with Crippen molar-refractivity contribution in [1.82, 2.24) is 4.98 Å². The standard InChI is InChI=1S/C33H26N2O5/c36-28(19-7-2-1-3-8-19)18-40-33(39)25-17-27(34-26-12-5-4-11-24(25)26)20-9-6-10-23(16-20)35-31(37)29-21-13-14-22(15-21)30(29)32(35)38/h1-12,16-17,21-22,29-30H,13-15,18H2/t21-,22+,29-,30-/m0/s1. The number of pyridine rings is 1. The van der Waals surface area contributed by atoms with Gasteiger partial charge in [0.25, 0.3) is 0 Å². The lowest BCUT2D eigenvalue weighted by Gasteiger charge is -2.19. The third-order valence-corrected chi connectivity index (χ3v) is 8.69. The summed E-state index contributed by atoms with van der Waals surface area (Å²) in [6.45, 7) is -0.381. The lowest BCUT2D eigenvalue weighted by atomic mass is 9.81. The molecule has 7 nitrogen and oxygen atoms in total. The van der Waals surface area contributed by atoms with Gasteiger partial charge in [-0.2, -0.15) is 0 Å². The van der Waals surface area contributed by atoms with Gasteiger partial charge in [0.15, 0.2) is 12.4 Å². The van der Waals surface area contributed by atoms with Gasteiger partial charge in [-0.3, -0.25) is 19.3 Å². The molecule has 1 saturated heterocycles. The van der Waals surface area contributed by atoms with Crippen LogP contribution in [0.5, 0.6) is 0 Å². The number of ether oxygens (including phenoxy) is 1. The highest BCUT2D eigenvalue weighted by Crippen LogP contribution is 2.56. The molecule has 2 saturated carbocycles. The zero-order valence-corrected chi connectivity index (χ0v) is 21.7. The molecule has 7 heteroatoms. The molecule has 2 amide bonds. The molecule has 0 spiro atoms. The SMILES string of the molecule is O=C(COC(=O)c1cc(-c2cccc(N3C(=O)[C@H]4[C@@H]5CC[C@@H](C5)[C@@H]4C3=O)c2)nc2ccccc12)c1ccccc1. The monoisotopic (exact) mass is 530 g/mol. The second-order valence-electron chi connectivity index (χ2n) is 10.9. The predicted octanol–water partition coefficient (Wildman–Crippen LogP) is 5.48. The Morgan fingerprint density at radius 3 is 2.27 bits per heavy atom. The van der Waals surface area contributed by atoms with Crippen molar-refractivity contribution >= 4 is 40.2 Å². The zero-order valence-electron chi connectivity index (χ0n) is 21.7. The summed E-state index contributed by atoms with van der Waals surface area (Å²) in [5.74, 6) is -0.904. The third-order valence-electron chi connectivity index (χ3n) is 8.69. The number of carbonyl (C=O) groups is 4. The maximum Gasteiger partial charge on any atom is 0.339 e. The Hall–Kier alpha value is -4.65. The van der Waals surface area contributed by atoms with Crippen molar-refractivity contribution in [3.8, 4) is 11.3 Å². The van der Waals surface area contributed by atoms with Crippen LogP contribution in [-0.2, 0) is 14.3 Å². The van der Waals surface area contributed by atoms with Crippen molar-refractivity contribution in [3.63, 3.8) is 0 Å². The Kier molecular flexibility index (Phi) is 5.81. The van der Waals surface area contributed by atoms with E-state index in [-0.39, 0.29) is 41.6 Å². The molecular weight excluding hydrogens is 504 g/mol. The van der Waals surface area contributed by atoms with Gasteiger partial charge >= 0.3 is 5.97 Å². The first-order chi connectivity index (χ1) is 19.5. The molecule has 4 atom stereocenters. The molecule has 7 rings (SSSR count). The number of hydrogen-bond acceptors (Lipinski definition) is 6. The van der Waals surface area contributed by atoms with E-state index in [1.165, 1.54) is 4.90 Å². The number of esters is 1. The van der Waals surface area contributed by atoms with E-state index < -0.39 is 5.97 Å². The minimum absolute atomic E-state index is 0.0989. The Morgan fingerprint density at radius 2 is 1.52 bits per heavy atom. The number of ketones is 1. The molecule has 198 valence electrons. The van der Waals surface area contributed by atoms with E-state index >= 15 is 0 Å². The van der Waals surface area contributed by atoms with E-state index in [4.69, 9.17) is 9.72 Å². The summed E-state index contributed by atoms with van der Waals surface area (Å²) >= 11 is 0. The number of nitrogens with zero attached hydrogens (tertiary/aromatic N) is 2. The summed E-state index contributed by atoms with van der Waals surface area (Å²) in [6, 6.07) is 24.7. The number of amides is 2. The van der Waals surface area contributed by atoms with Gasteiger partial charge in [0, 0.05) is 16.5 Å². The average molecular weight is 531 g/mol. The van der Waals surface area contributed by atoms with Gasteiger partial charge in [0.05, 0.1) is 34.3 Å². The van der Waals surface area contributed by atoms with Gasteiger partial charge in [0.1, 0.15) is 0 Å². The van der Waals surface area contributed by atoms with Crippen molar-refractivity contribution in [2.24, 2.45) is 23.7 Å². The Morgan fingerprint density at radius 1 is 0.825 bits per heavy atom. The average Bonchev–Trinajstić information content (AvgIpc) is 3.69.